The van der Waals surface area contributed by atoms with Crippen LogP contribution in [-0.2, 0) is 0 Å². The molecule has 0 aliphatic heterocycles. The van der Waals surface area contributed by atoms with Gasteiger partial charge in [-0.05, 0) is 67.8 Å². The van der Waals surface area contributed by atoms with Crippen LogP contribution in [0.25, 0.3) is 33.3 Å². The van der Waals surface area contributed by atoms with E-state index in [9.17, 15) is 4.79 Å². The number of carbonyl (C=O) groups excluding carboxylic acids is 1. The van der Waals surface area contributed by atoms with E-state index in [2.05, 4.69) is 63.2 Å². The molecule has 1 aromatic heterocycles. The number of benzene rings is 3. The van der Waals surface area contributed by atoms with E-state index in [-0.39, 0.29) is 5.78 Å². The summed E-state index contributed by atoms with van der Waals surface area (Å²) in [6.07, 6.45) is 0. The van der Waals surface area contributed by atoms with Crippen molar-refractivity contribution in [3.63, 3.8) is 0 Å². The number of aromatic nitrogens is 1. The molecule has 1 aliphatic rings. The molecule has 3 aromatic carbocycles. The van der Waals surface area contributed by atoms with Crippen LogP contribution < -0.4 is 0 Å². The third kappa shape index (κ3) is 2.41. The number of hydrogen-bond donors (Lipinski definition) is 0. The summed E-state index contributed by atoms with van der Waals surface area (Å²) in [6, 6.07) is 20.6. The van der Waals surface area contributed by atoms with Crippen LogP contribution in [0.15, 0.2) is 60.7 Å². The Balaban J connectivity index is 1.72. The highest BCUT2D eigenvalue weighted by Crippen LogP contribution is 2.40. The molecule has 1 heterocycles. The maximum atomic E-state index is 12.9. The Labute approximate surface area is 158 Å². The van der Waals surface area contributed by atoms with Crippen LogP contribution in [-0.4, -0.2) is 10.8 Å². The Morgan fingerprint density at radius 3 is 2.30 bits per heavy atom. The molecule has 130 valence electrons. The van der Waals surface area contributed by atoms with Gasteiger partial charge in [0, 0.05) is 22.1 Å². The van der Waals surface area contributed by atoms with Gasteiger partial charge in [0.15, 0.2) is 5.78 Å². The van der Waals surface area contributed by atoms with Crippen molar-refractivity contribution in [1.29, 1.82) is 0 Å². The molecule has 0 spiro atoms. The highest BCUT2D eigenvalue weighted by molar-refractivity contribution is 6.23. The summed E-state index contributed by atoms with van der Waals surface area (Å²) in [5.41, 5.74) is 10.2. The molecule has 27 heavy (non-hydrogen) atoms. The van der Waals surface area contributed by atoms with E-state index >= 15 is 0 Å². The number of pyridine rings is 1. The van der Waals surface area contributed by atoms with Crippen LogP contribution in [0.5, 0.6) is 0 Å². The Bertz CT molecular complexity index is 1250. The van der Waals surface area contributed by atoms with Gasteiger partial charge in [0.2, 0.25) is 0 Å². The Hall–Kier alpha value is -3.26. The second-order valence-electron chi connectivity index (χ2n) is 7.49. The first-order valence-corrected chi connectivity index (χ1v) is 9.19. The summed E-state index contributed by atoms with van der Waals surface area (Å²) >= 11 is 0. The number of aryl methyl sites for hydroxylation is 3. The molecule has 2 nitrogen and oxygen atoms in total. The minimum absolute atomic E-state index is 0.101. The normalized spacial score (nSPS) is 12.3. The summed E-state index contributed by atoms with van der Waals surface area (Å²) < 4.78 is 0. The predicted molar refractivity (Wildman–Crippen MR) is 110 cm³/mol. The van der Waals surface area contributed by atoms with E-state index in [1.165, 1.54) is 11.1 Å². The van der Waals surface area contributed by atoms with Crippen molar-refractivity contribution in [2.45, 2.75) is 20.8 Å². The Kier molecular flexibility index (Phi) is 3.32. The minimum Gasteiger partial charge on any atom is -0.289 e. The third-order valence-corrected chi connectivity index (χ3v) is 5.38. The van der Waals surface area contributed by atoms with E-state index in [0.29, 0.717) is 0 Å². The number of carbonyl (C=O) groups is 1. The van der Waals surface area contributed by atoms with Gasteiger partial charge in [-0.15, -0.1) is 0 Å². The first kappa shape index (κ1) is 16.0. The van der Waals surface area contributed by atoms with Gasteiger partial charge in [0.1, 0.15) is 0 Å². The molecule has 0 saturated heterocycles. The summed E-state index contributed by atoms with van der Waals surface area (Å²) in [4.78, 5) is 17.8. The maximum Gasteiger partial charge on any atom is 0.194 e. The Morgan fingerprint density at radius 2 is 1.52 bits per heavy atom. The molecule has 4 aromatic rings. The fourth-order valence-corrected chi connectivity index (χ4v) is 4.21. The fourth-order valence-electron chi connectivity index (χ4n) is 4.21. The molecule has 0 N–H and O–H groups in total. The minimum atomic E-state index is 0.101. The summed E-state index contributed by atoms with van der Waals surface area (Å²) in [5.74, 6) is 0.101. The van der Waals surface area contributed by atoms with Crippen LogP contribution in [0.3, 0.4) is 0 Å². The number of nitrogens with zero attached hydrogens (tertiary/aromatic N) is 1. The summed E-state index contributed by atoms with van der Waals surface area (Å²) in [5, 5.41) is 1.06. The van der Waals surface area contributed by atoms with Gasteiger partial charge in [0.25, 0.3) is 0 Å². The van der Waals surface area contributed by atoms with Crippen molar-refractivity contribution in [3.05, 3.63) is 88.5 Å². The molecule has 0 amide bonds. The lowest BCUT2D eigenvalue weighted by atomic mass is 9.98. The van der Waals surface area contributed by atoms with E-state index < -0.39 is 0 Å². The van der Waals surface area contributed by atoms with Gasteiger partial charge in [-0.1, -0.05) is 41.5 Å². The highest BCUT2D eigenvalue weighted by atomic mass is 16.1. The van der Waals surface area contributed by atoms with Gasteiger partial charge in [-0.25, -0.2) is 4.98 Å². The largest absolute Gasteiger partial charge is 0.289 e. The molecule has 2 heteroatoms. The van der Waals surface area contributed by atoms with Crippen LogP contribution >= 0.6 is 0 Å². The van der Waals surface area contributed by atoms with Gasteiger partial charge in [-0.2, -0.15) is 0 Å². The molecule has 0 unspecified atom stereocenters. The molecule has 0 radical (unpaired) electrons. The number of fused-ring (bicyclic) bond motifs is 4. The highest BCUT2D eigenvalue weighted by Gasteiger charge is 2.28. The van der Waals surface area contributed by atoms with Crippen molar-refractivity contribution in [2.24, 2.45) is 0 Å². The molecule has 0 bridgehead atoms. The van der Waals surface area contributed by atoms with Crippen LogP contribution in [0.1, 0.15) is 32.6 Å². The van der Waals surface area contributed by atoms with Gasteiger partial charge < -0.3 is 0 Å². The molecule has 0 fully saturated rings. The van der Waals surface area contributed by atoms with Gasteiger partial charge in [-0.3, -0.25) is 4.79 Å². The molecule has 0 atom stereocenters. The first-order valence-electron chi connectivity index (χ1n) is 9.19. The second kappa shape index (κ2) is 5.62. The zero-order valence-electron chi connectivity index (χ0n) is 15.6. The third-order valence-electron chi connectivity index (χ3n) is 5.38. The molecule has 1 aliphatic carbocycles. The summed E-state index contributed by atoms with van der Waals surface area (Å²) in [6.45, 7) is 6.26. The predicted octanol–water partition coefficient (Wildman–Crippen LogP) is 6.04. The van der Waals surface area contributed by atoms with Crippen LogP contribution in [0.4, 0.5) is 0 Å². The topological polar surface area (TPSA) is 30.0 Å². The zero-order valence-corrected chi connectivity index (χ0v) is 15.6. The van der Waals surface area contributed by atoms with Crippen molar-refractivity contribution in [2.75, 3.05) is 0 Å². The fraction of sp³-hybridized carbons (Fsp3) is 0.120. The average molecular weight is 349 g/mol. The van der Waals surface area contributed by atoms with E-state index in [1.54, 1.807) is 0 Å². The zero-order chi connectivity index (χ0) is 18.7. The van der Waals surface area contributed by atoms with Crippen molar-refractivity contribution < 1.29 is 4.79 Å². The lowest BCUT2D eigenvalue weighted by molar-refractivity contribution is 0.104. The van der Waals surface area contributed by atoms with Crippen LogP contribution in [0, 0.1) is 20.8 Å². The van der Waals surface area contributed by atoms with E-state index in [4.69, 9.17) is 4.98 Å². The van der Waals surface area contributed by atoms with E-state index in [1.807, 2.05) is 18.2 Å². The average Bonchev–Trinajstić information content (AvgIpc) is 2.92. The monoisotopic (exact) mass is 349 g/mol. The van der Waals surface area contributed by atoms with Gasteiger partial charge >= 0.3 is 0 Å². The lowest BCUT2D eigenvalue weighted by Crippen LogP contribution is -1.95. The molecular weight excluding hydrogens is 330 g/mol. The van der Waals surface area contributed by atoms with Crippen molar-refractivity contribution in [3.8, 4) is 22.4 Å². The van der Waals surface area contributed by atoms with Gasteiger partial charge in [0.05, 0.1) is 11.2 Å². The smallest absolute Gasteiger partial charge is 0.194 e. The molecule has 0 saturated carbocycles. The lowest BCUT2D eigenvalue weighted by Gasteiger charge is -2.08. The number of ketones is 1. The second-order valence-corrected chi connectivity index (χ2v) is 7.49. The van der Waals surface area contributed by atoms with Crippen LogP contribution in [0.2, 0.25) is 0 Å². The molecule has 5 rings (SSSR count). The Morgan fingerprint density at radius 1 is 0.741 bits per heavy atom. The van der Waals surface area contributed by atoms with Crippen molar-refractivity contribution >= 4 is 16.7 Å². The standard InChI is InChI=1S/C25H19NO/c1-14-9-15(2)11-18(10-14)22-8-7-17-12-20-21(13-23(17)26-22)25(27)19-6-4-5-16(3)24(19)20/h4-13H,1-3H3. The SMILES string of the molecule is Cc1cc(C)cc(-c2ccc3cc4c(cc3n2)C(=O)c2cccc(C)c2-4)c1. The number of rotatable bonds is 1. The maximum absolute atomic E-state index is 12.9. The molecular formula is C25H19NO. The van der Waals surface area contributed by atoms with Crippen molar-refractivity contribution in [1.82, 2.24) is 4.98 Å². The first-order chi connectivity index (χ1) is 13.0. The quantitative estimate of drug-likeness (QED) is 0.369. The van der Waals surface area contributed by atoms with E-state index in [0.717, 1.165) is 50.0 Å². The summed E-state index contributed by atoms with van der Waals surface area (Å²) in [7, 11) is 0. The number of hydrogen-bond acceptors (Lipinski definition) is 2.